The zero-order chi connectivity index (χ0) is 15.0. The second kappa shape index (κ2) is 4.91. The van der Waals surface area contributed by atoms with Crippen LogP contribution in [-0.4, -0.2) is 16.3 Å². The normalized spacial score (nSPS) is 15.0. The van der Waals surface area contributed by atoms with E-state index >= 15 is 0 Å². The van der Waals surface area contributed by atoms with Crippen LogP contribution in [0.1, 0.15) is 24.5 Å². The van der Waals surface area contributed by atoms with Gasteiger partial charge < -0.3 is 9.72 Å². The van der Waals surface area contributed by atoms with Gasteiger partial charge >= 0.3 is 6.36 Å². The summed E-state index contributed by atoms with van der Waals surface area (Å²) in [5.74, 6) is -0.0768. The first-order chi connectivity index (χ1) is 9.92. The van der Waals surface area contributed by atoms with E-state index in [0.29, 0.717) is 5.69 Å². The molecule has 0 amide bonds. The summed E-state index contributed by atoms with van der Waals surface area (Å²) < 4.78 is 41.2. The fraction of sp³-hybridized carbons (Fsp3) is 0.286. The molecule has 3 rings (SSSR count). The van der Waals surface area contributed by atoms with Crippen molar-refractivity contribution in [1.82, 2.24) is 9.97 Å². The maximum absolute atomic E-state index is 12.4. The van der Waals surface area contributed by atoms with Crippen LogP contribution in [0.4, 0.5) is 13.2 Å². The number of halogens is 3. The molecule has 1 aromatic heterocycles. The number of rotatable bonds is 3. The molecule has 0 aliphatic heterocycles. The first kappa shape index (κ1) is 13.7. The number of aromatic nitrogens is 2. The molecule has 1 aliphatic carbocycles. The van der Waals surface area contributed by atoms with Crippen molar-refractivity contribution in [2.75, 3.05) is 0 Å². The molecule has 1 heterocycles. The number of nitrogens with one attached hydrogen (secondary N) is 1. The zero-order valence-electron chi connectivity index (χ0n) is 10.8. The lowest BCUT2D eigenvalue weighted by atomic mass is 10.1. The van der Waals surface area contributed by atoms with Gasteiger partial charge in [-0.3, -0.25) is 4.79 Å². The first-order valence-electron chi connectivity index (χ1n) is 6.39. The predicted molar refractivity (Wildman–Crippen MR) is 69.0 cm³/mol. The lowest BCUT2D eigenvalue weighted by Crippen LogP contribution is -2.18. The van der Waals surface area contributed by atoms with Crippen LogP contribution in [0.5, 0.6) is 5.75 Å². The van der Waals surface area contributed by atoms with E-state index in [4.69, 9.17) is 0 Å². The molecular formula is C14H11F3N2O2. The van der Waals surface area contributed by atoms with Crippen LogP contribution in [0.3, 0.4) is 0 Å². The summed E-state index contributed by atoms with van der Waals surface area (Å²) >= 11 is 0. The molecule has 1 N–H and O–H groups in total. The molecule has 7 heteroatoms. The van der Waals surface area contributed by atoms with Gasteiger partial charge in [0.05, 0.1) is 11.3 Å². The fourth-order valence-corrected chi connectivity index (χ4v) is 2.07. The van der Waals surface area contributed by atoms with Crippen LogP contribution in [0.2, 0.25) is 0 Å². The van der Waals surface area contributed by atoms with Crippen LogP contribution in [0.15, 0.2) is 35.1 Å². The second-order valence-corrected chi connectivity index (χ2v) is 4.84. The molecule has 110 valence electrons. The number of alkyl halides is 3. The Labute approximate surface area is 117 Å². The molecule has 1 saturated carbocycles. The summed E-state index contributed by atoms with van der Waals surface area (Å²) in [6, 6.07) is 6.98. The Morgan fingerprint density at radius 3 is 2.62 bits per heavy atom. The van der Waals surface area contributed by atoms with Crippen LogP contribution in [0, 0.1) is 0 Å². The Balaban J connectivity index is 2.06. The van der Waals surface area contributed by atoms with Crippen LogP contribution in [-0.2, 0) is 0 Å². The quantitative estimate of drug-likeness (QED) is 0.946. The van der Waals surface area contributed by atoms with Crippen molar-refractivity contribution in [1.29, 1.82) is 0 Å². The molecule has 2 aromatic rings. The summed E-state index contributed by atoms with van der Waals surface area (Å²) in [6.07, 6.45) is -2.92. The molecule has 0 saturated heterocycles. The van der Waals surface area contributed by atoms with Gasteiger partial charge in [0.1, 0.15) is 11.6 Å². The average Bonchev–Trinajstić information content (AvgIpc) is 3.21. The highest BCUT2D eigenvalue weighted by atomic mass is 19.4. The van der Waals surface area contributed by atoms with Gasteiger partial charge in [0, 0.05) is 12.0 Å². The molecule has 1 aromatic carbocycles. The third-order valence-electron chi connectivity index (χ3n) is 3.12. The number of hydrogen-bond acceptors (Lipinski definition) is 3. The van der Waals surface area contributed by atoms with Gasteiger partial charge in [-0.25, -0.2) is 4.98 Å². The average molecular weight is 296 g/mol. The predicted octanol–water partition coefficient (Wildman–Crippen LogP) is 3.21. The second-order valence-electron chi connectivity index (χ2n) is 4.84. The van der Waals surface area contributed by atoms with Crippen molar-refractivity contribution >= 4 is 0 Å². The first-order valence-corrected chi connectivity index (χ1v) is 6.39. The summed E-state index contributed by atoms with van der Waals surface area (Å²) in [7, 11) is 0. The van der Waals surface area contributed by atoms with Gasteiger partial charge in [-0.15, -0.1) is 13.2 Å². The summed E-state index contributed by atoms with van der Waals surface area (Å²) in [6.45, 7) is 0. The molecule has 0 atom stereocenters. The van der Waals surface area contributed by atoms with Gasteiger partial charge in [0.15, 0.2) is 0 Å². The summed E-state index contributed by atoms with van der Waals surface area (Å²) in [4.78, 5) is 18.4. The molecule has 0 spiro atoms. The lowest BCUT2D eigenvalue weighted by Gasteiger charge is -2.13. The Kier molecular flexibility index (Phi) is 3.19. The number of nitrogens with zero attached hydrogens (tertiary/aromatic N) is 1. The van der Waals surface area contributed by atoms with Crippen LogP contribution in [0.25, 0.3) is 11.4 Å². The number of hydrogen-bond donors (Lipinski definition) is 1. The molecule has 1 fully saturated rings. The van der Waals surface area contributed by atoms with E-state index in [-0.39, 0.29) is 28.6 Å². The van der Waals surface area contributed by atoms with Crippen LogP contribution < -0.4 is 10.3 Å². The molecule has 21 heavy (non-hydrogen) atoms. The van der Waals surface area contributed by atoms with Crippen molar-refractivity contribution in [3.63, 3.8) is 0 Å². The van der Waals surface area contributed by atoms with Crippen molar-refractivity contribution < 1.29 is 17.9 Å². The lowest BCUT2D eigenvalue weighted by molar-refractivity contribution is -0.274. The van der Waals surface area contributed by atoms with Crippen molar-refractivity contribution in [2.24, 2.45) is 0 Å². The Hall–Kier alpha value is -2.31. The van der Waals surface area contributed by atoms with Gasteiger partial charge in [0.2, 0.25) is 0 Å². The Bertz CT molecular complexity index is 721. The maximum atomic E-state index is 12.4. The maximum Gasteiger partial charge on any atom is 0.573 e. The fourth-order valence-electron chi connectivity index (χ4n) is 2.07. The molecular weight excluding hydrogens is 285 g/mol. The minimum absolute atomic E-state index is 0.0873. The monoisotopic (exact) mass is 296 g/mol. The highest BCUT2D eigenvalue weighted by Gasteiger charge is 2.32. The smallest absolute Gasteiger partial charge is 0.405 e. The van der Waals surface area contributed by atoms with Gasteiger partial charge in [-0.05, 0) is 25.0 Å². The number of H-pyrrole nitrogens is 1. The molecule has 0 radical (unpaired) electrons. The topological polar surface area (TPSA) is 55.0 Å². The largest absolute Gasteiger partial charge is 0.573 e. The molecule has 0 bridgehead atoms. The SMILES string of the molecule is O=c1cc(C2CC2)nc(-c2ccccc2OC(F)(F)F)[nH]1. The van der Waals surface area contributed by atoms with E-state index in [2.05, 4.69) is 14.7 Å². The number of benzene rings is 1. The van der Waals surface area contributed by atoms with E-state index < -0.39 is 6.36 Å². The number of aromatic amines is 1. The molecule has 1 aliphatic rings. The van der Waals surface area contributed by atoms with Gasteiger partial charge in [0.25, 0.3) is 5.56 Å². The van der Waals surface area contributed by atoms with Gasteiger partial charge in [-0.2, -0.15) is 0 Å². The highest BCUT2D eigenvalue weighted by molar-refractivity contribution is 5.64. The zero-order valence-corrected chi connectivity index (χ0v) is 10.8. The summed E-state index contributed by atoms with van der Waals surface area (Å²) in [5, 5.41) is 0. The van der Waals surface area contributed by atoms with E-state index in [0.717, 1.165) is 12.8 Å². The van der Waals surface area contributed by atoms with Crippen molar-refractivity contribution in [2.45, 2.75) is 25.1 Å². The van der Waals surface area contributed by atoms with Crippen molar-refractivity contribution in [3.8, 4) is 17.1 Å². The molecule has 0 unspecified atom stereocenters. The molecule has 4 nitrogen and oxygen atoms in total. The third kappa shape index (κ3) is 3.24. The summed E-state index contributed by atoms with van der Waals surface area (Å²) in [5.41, 5.74) is 0.327. The minimum Gasteiger partial charge on any atom is -0.405 e. The highest BCUT2D eigenvalue weighted by Crippen LogP contribution is 2.39. The van der Waals surface area contributed by atoms with E-state index in [1.807, 2.05) is 0 Å². The van der Waals surface area contributed by atoms with E-state index in [1.54, 1.807) is 6.07 Å². The Morgan fingerprint density at radius 1 is 1.24 bits per heavy atom. The number of ether oxygens (including phenoxy) is 1. The van der Waals surface area contributed by atoms with Crippen LogP contribution >= 0.6 is 0 Å². The number of para-hydroxylation sites is 1. The van der Waals surface area contributed by atoms with E-state index in [9.17, 15) is 18.0 Å². The minimum atomic E-state index is -4.80. The third-order valence-corrected chi connectivity index (χ3v) is 3.12. The van der Waals surface area contributed by atoms with Crippen molar-refractivity contribution in [3.05, 3.63) is 46.4 Å². The Morgan fingerprint density at radius 2 is 1.95 bits per heavy atom. The standard InChI is InChI=1S/C14H11F3N2O2/c15-14(16,17)21-11-4-2-1-3-9(11)13-18-10(8-5-6-8)7-12(20)19-13/h1-4,7-8H,5-6H2,(H,18,19,20). The van der Waals surface area contributed by atoms with E-state index in [1.165, 1.54) is 24.3 Å². The van der Waals surface area contributed by atoms with Gasteiger partial charge in [-0.1, -0.05) is 12.1 Å².